The molecule has 9 nitrogen and oxygen atoms in total. The number of benzene rings is 1. The van der Waals surface area contributed by atoms with E-state index in [0.29, 0.717) is 9.26 Å². The summed E-state index contributed by atoms with van der Waals surface area (Å²) in [6, 6.07) is 4.46. The van der Waals surface area contributed by atoms with E-state index in [4.69, 9.17) is 9.94 Å². The van der Waals surface area contributed by atoms with Gasteiger partial charge in [0.05, 0.1) is 31.1 Å². The molecular weight excluding hydrogens is 460 g/mol. The second-order valence-electron chi connectivity index (χ2n) is 5.15. The zero-order chi connectivity index (χ0) is 18.7. The average Bonchev–Trinajstić information content (AvgIpc) is 2.97. The summed E-state index contributed by atoms with van der Waals surface area (Å²) in [5, 5.41) is 13.9. The van der Waals surface area contributed by atoms with Gasteiger partial charge in [0.15, 0.2) is 17.2 Å². The molecule has 2 heterocycles. The van der Waals surface area contributed by atoms with Crippen molar-refractivity contribution in [3.8, 4) is 0 Å². The van der Waals surface area contributed by atoms with Crippen LogP contribution in [0.4, 0.5) is 15.9 Å². The molecule has 0 saturated carbocycles. The van der Waals surface area contributed by atoms with E-state index in [0.717, 1.165) is 0 Å². The number of nitrogens with zero attached hydrogens (tertiary/aromatic N) is 2. The molecule has 1 aliphatic rings. The number of anilines is 2. The molecule has 136 valence electrons. The summed E-state index contributed by atoms with van der Waals surface area (Å²) < 4.78 is 14.8. The van der Waals surface area contributed by atoms with E-state index in [2.05, 4.69) is 26.1 Å². The van der Waals surface area contributed by atoms with Crippen LogP contribution in [-0.2, 0) is 11.4 Å². The number of aliphatic hydroxyl groups excluding tert-OH is 1. The molecule has 0 spiro atoms. The second kappa shape index (κ2) is 7.88. The Balaban J connectivity index is 1.97. The molecule has 1 aromatic carbocycles. The fraction of sp³-hybridized carbons (Fsp3) is 0.200. The number of halogens is 2. The predicted molar refractivity (Wildman–Crippen MR) is 96.1 cm³/mol. The number of carbonyl (C=O) groups excluding carboxylic acids is 2. The van der Waals surface area contributed by atoms with Crippen LogP contribution in [0.25, 0.3) is 0 Å². The number of hydrogen-bond acceptors (Lipinski definition) is 7. The number of amides is 2. The van der Waals surface area contributed by atoms with Crippen LogP contribution in [0.15, 0.2) is 18.2 Å². The largest absolute Gasteiger partial charge is 0.394 e. The van der Waals surface area contributed by atoms with Gasteiger partial charge in [0.2, 0.25) is 0 Å². The van der Waals surface area contributed by atoms with Crippen LogP contribution in [0.1, 0.15) is 26.7 Å². The highest BCUT2D eigenvalue weighted by Crippen LogP contribution is 2.24. The van der Waals surface area contributed by atoms with E-state index < -0.39 is 17.6 Å². The van der Waals surface area contributed by atoms with Crippen molar-refractivity contribution >= 4 is 45.9 Å². The number of carbonyl (C=O) groups is 2. The third-order valence-electron chi connectivity index (χ3n) is 3.36. The summed E-state index contributed by atoms with van der Waals surface area (Å²) >= 11 is 1.97. The quantitative estimate of drug-likeness (QED) is 0.279. The first kappa shape index (κ1) is 18.4. The smallest absolute Gasteiger partial charge is 0.297 e. The van der Waals surface area contributed by atoms with Crippen molar-refractivity contribution in [1.82, 2.24) is 20.8 Å². The Bertz CT molecular complexity index is 879. The standard InChI is InChI=1S/C15H13FIN5O4/c16-8-5-7(17)1-2-9(8)20-13-12(15(25)22-26-4-3-23)19-10-6-18-14(24)11(10)21-13/h1-2,5,23H,3-4,6H2,(H,18,24)(H,20,21)(H,22,25). The maximum Gasteiger partial charge on any atom is 0.297 e. The topological polar surface area (TPSA) is 125 Å². The second-order valence-corrected chi connectivity index (χ2v) is 6.40. The zero-order valence-corrected chi connectivity index (χ0v) is 15.3. The molecule has 0 atom stereocenters. The number of aromatic nitrogens is 2. The Hall–Kier alpha value is -2.38. The maximum absolute atomic E-state index is 14.1. The van der Waals surface area contributed by atoms with Gasteiger partial charge in [0.25, 0.3) is 11.8 Å². The minimum atomic E-state index is -0.749. The molecule has 4 N–H and O–H groups in total. The summed E-state index contributed by atoms with van der Waals surface area (Å²) in [7, 11) is 0. The van der Waals surface area contributed by atoms with Crippen molar-refractivity contribution in [2.24, 2.45) is 0 Å². The van der Waals surface area contributed by atoms with Crippen LogP contribution in [-0.4, -0.2) is 40.1 Å². The van der Waals surface area contributed by atoms with Crippen molar-refractivity contribution in [3.05, 3.63) is 44.7 Å². The highest BCUT2D eigenvalue weighted by molar-refractivity contribution is 14.1. The third-order valence-corrected chi connectivity index (χ3v) is 4.03. The number of fused-ring (bicyclic) bond motifs is 1. The highest BCUT2D eigenvalue weighted by Gasteiger charge is 2.27. The molecule has 2 aromatic rings. The van der Waals surface area contributed by atoms with Gasteiger partial charge in [0, 0.05) is 3.57 Å². The van der Waals surface area contributed by atoms with E-state index >= 15 is 0 Å². The molecule has 0 unspecified atom stereocenters. The predicted octanol–water partition coefficient (Wildman–Crippen LogP) is 0.861. The lowest BCUT2D eigenvalue weighted by molar-refractivity contribution is 0.0165. The molecule has 26 heavy (non-hydrogen) atoms. The van der Waals surface area contributed by atoms with Crippen molar-refractivity contribution in [2.75, 3.05) is 18.5 Å². The van der Waals surface area contributed by atoms with E-state index in [-0.39, 0.29) is 42.7 Å². The monoisotopic (exact) mass is 473 g/mol. The number of nitrogens with one attached hydrogen (secondary N) is 3. The molecule has 1 aliphatic heterocycles. The first-order valence-electron chi connectivity index (χ1n) is 7.43. The summed E-state index contributed by atoms with van der Waals surface area (Å²) in [5.74, 6) is -1.82. The van der Waals surface area contributed by atoms with Gasteiger partial charge in [-0.3, -0.25) is 14.4 Å². The highest BCUT2D eigenvalue weighted by atomic mass is 127. The lowest BCUT2D eigenvalue weighted by Crippen LogP contribution is -2.27. The average molecular weight is 473 g/mol. The Morgan fingerprint density at radius 2 is 2.23 bits per heavy atom. The Morgan fingerprint density at radius 1 is 1.42 bits per heavy atom. The van der Waals surface area contributed by atoms with Gasteiger partial charge in [-0.2, -0.15) is 0 Å². The number of hydrogen-bond donors (Lipinski definition) is 4. The summed E-state index contributed by atoms with van der Waals surface area (Å²) in [5.41, 5.74) is 2.38. The Morgan fingerprint density at radius 3 is 2.96 bits per heavy atom. The van der Waals surface area contributed by atoms with Crippen molar-refractivity contribution < 1.29 is 23.9 Å². The molecule has 0 radical (unpaired) electrons. The molecular formula is C15H13FIN5O4. The normalized spacial score (nSPS) is 12.5. The molecule has 1 aromatic heterocycles. The van der Waals surface area contributed by atoms with Crippen LogP contribution in [0.2, 0.25) is 0 Å². The van der Waals surface area contributed by atoms with Gasteiger partial charge in [-0.15, -0.1) is 0 Å². The van der Waals surface area contributed by atoms with Gasteiger partial charge >= 0.3 is 0 Å². The number of aliphatic hydroxyl groups is 1. The van der Waals surface area contributed by atoms with Gasteiger partial charge in [0.1, 0.15) is 5.82 Å². The zero-order valence-electron chi connectivity index (χ0n) is 13.2. The van der Waals surface area contributed by atoms with Crippen molar-refractivity contribution in [3.63, 3.8) is 0 Å². The van der Waals surface area contributed by atoms with Gasteiger partial charge in [-0.25, -0.2) is 19.8 Å². The number of hydroxylamine groups is 1. The molecule has 0 saturated heterocycles. The fourth-order valence-electron chi connectivity index (χ4n) is 2.20. The van der Waals surface area contributed by atoms with Crippen LogP contribution in [0.5, 0.6) is 0 Å². The maximum atomic E-state index is 14.1. The lowest BCUT2D eigenvalue weighted by Gasteiger charge is -2.12. The van der Waals surface area contributed by atoms with Crippen LogP contribution < -0.4 is 16.1 Å². The van der Waals surface area contributed by atoms with E-state index in [1.165, 1.54) is 12.1 Å². The van der Waals surface area contributed by atoms with E-state index in [1.54, 1.807) is 6.07 Å². The SMILES string of the molecule is O=C1NCc2nc(C(=O)NOCCO)c(Nc3ccc(I)cc3F)nc21. The Labute approximate surface area is 160 Å². The van der Waals surface area contributed by atoms with E-state index in [9.17, 15) is 14.0 Å². The summed E-state index contributed by atoms with van der Waals surface area (Å²) in [6.07, 6.45) is 0. The number of rotatable bonds is 6. The first-order valence-corrected chi connectivity index (χ1v) is 8.51. The van der Waals surface area contributed by atoms with Crippen LogP contribution in [0, 0.1) is 9.39 Å². The fourth-order valence-corrected chi connectivity index (χ4v) is 2.65. The molecule has 0 bridgehead atoms. The van der Waals surface area contributed by atoms with Crippen LogP contribution >= 0.6 is 22.6 Å². The summed E-state index contributed by atoms with van der Waals surface area (Å²) in [4.78, 5) is 37.1. The lowest BCUT2D eigenvalue weighted by atomic mass is 10.2. The Kier molecular flexibility index (Phi) is 5.58. The van der Waals surface area contributed by atoms with Gasteiger partial charge < -0.3 is 15.7 Å². The molecule has 0 aliphatic carbocycles. The molecule has 0 fully saturated rings. The molecule has 2 amide bonds. The molecule has 3 rings (SSSR count). The third kappa shape index (κ3) is 3.89. The molecule has 11 heteroatoms. The van der Waals surface area contributed by atoms with Gasteiger partial charge in [-0.1, -0.05) is 0 Å². The minimum absolute atomic E-state index is 0.0613. The van der Waals surface area contributed by atoms with Crippen molar-refractivity contribution in [2.45, 2.75) is 6.54 Å². The van der Waals surface area contributed by atoms with Gasteiger partial charge in [-0.05, 0) is 40.8 Å². The summed E-state index contributed by atoms with van der Waals surface area (Å²) in [6.45, 7) is -0.261. The van der Waals surface area contributed by atoms with E-state index in [1.807, 2.05) is 22.6 Å². The van der Waals surface area contributed by atoms with Crippen molar-refractivity contribution in [1.29, 1.82) is 0 Å². The minimum Gasteiger partial charge on any atom is -0.394 e. The first-order chi connectivity index (χ1) is 12.5. The van der Waals surface area contributed by atoms with Crippen LogP contribution in [0.3, 0.4) is 0 Å².